The molecular weight excluding hydrogens is 330 g/mol. The molecule has 1 amide bonds. The fourth-order valence-electron chi connectivity index (χ4n) is 2.63. The van der Waals surface area contributed by atoms with Gasteiger partial charge in [0, 0.05) is 10.2 Å². The average molecular weight is 346 g/mol. The second-order valence-corrected chi connectivity index (χ2v) is 6.76. The van der Waals surface area contributed by atoms with Gasteiger partial charge in [-0.3, -0.25) is 4.79 Å². The third-order valence-corrected chi connectivity index (χ3v) is 4.51. The van der Waals surface area contributed by atoms with Gasteiger partial charge >= 0.3 is 0 Å². The number of amides is 1. The van der Waals surface area contributed by atoms with Gasteiger partial charge in [0.05, 0.1) is 5.41 Å². The first-order chi connectivity index (χ1) is 9.89. The van der Waals surface area contributed by atoms with Crippen LogP contribution in [0.4, 0.5) is 5.69 Å². The fourth-order valence-corrected chi connectivity index (χ4v) is 3.04. The molecule has 0 bridgehead atoms. The van der Waals surface area contributed by atoms with E-state index in [-0.39, 0.29) is 5.91 Å². The molecule has 0 aliphatic carbocycles. The van der Waals surface area contributed by atoms with E-state index in [1.165, 1.54) is 0 Å². The van der Waals surface area contributed by atoms with E-state index in [2.05, 4.69) is 21.2 Å². The number of carbonyl (C=O) groups is 1. The summed E-state index contributed by atoms with van der Waals surface area (Å²) >= 11 is 3.41. The SMILES string of the molecule is CC1(C)C(=O)Nc2ccc(C(O)c3cccc(Br)c3)cc21. The summed E-state index contributed by atoms with van der Waals surface area (Å²) < 4.78 is 0.928. The lowest BCUT2D eigenvalue weighted by Crippen LogP contribution is -2.26. The van der Waals surface area contributed by atoms with E-state index in [4.69, 9.17) is 0 Å². The first-order valence-electron chi connectivity index (χ1n) is 6.79. The van der Waals surface area contributed by atoms with Crippen LogP contribution in [-0.4, -0.2) is 11.0 Å². The maximum Gasteiger partial charge on any atom is 0.234 e. The van der Waals surface area contributed by atoms with E-state index in [1.807, 2.05) is 56.3 Å². The van der Waals surface area contributed by atoms with Gasteiger partial charge in [-0.15, -0.1) is 0 Å². The number of carbonyl (C=O) groups excluding carboxylic acids is 1. The van der Waals surface area contributed by atoms with Crippen molar-refractivity contribution in [2.45, 2.75) is 25.4 Å². The lowest BCUT2D eigenvalue weighted by molar-refractivity contribution is -0.119. The van der Waals surface area contributed by atoms with Crippen molar-refractivity contribution in [1.82, 2.24) is 0 Å². The molecular formula is C17H16BrNO2. The van der Waals surface area contributed by atoms with Crippen molar-refractivity contribution >= 4 is 27.5 Å². The zero-order chi connectivity index (χ0) is 15.2. The number of aliphatic hydroxyl groups excluding tert-OH is 1. The zero-order valence-electron chi connectivity index (χ0n) is 11.9. The molecule has 21 heavy (non-hydrogen) atoms. The van der Waals surface area contributed by atoms with Crippen molar-refractivity contribution in [2.75, 3.05) is 5.32 Å². The van der Waals surface area contributed by atoms with Gasteiger partial charge in [-0.05, 0) is 54.8 Å². The van der Waals surface area contributed by atoms with E-state index in [0.717, 1.165) is 26.9 Å². The van der Waals surface area contributed by atoms with Crippen molar-refractivity contribution in [3.63, 3.8) is 0 Å². The molecule has 1 aliphatic rings. The monoisotopic (exact) mass is 345 g/mol. The van der Waals surface area contributed by atoms with Crippen LogP contribution >= 0.6 is 15.9 Å². The number of aliphatic hydroxyl groups is 1. The molecule has 0 saturated carbocycles. The number of halogens is 1. The maximum atomic E-state index is 12.0. The van der Waals surface area contributed by atoms with Crippen LogP contribution in [0.25, 0.3) is 0 Å². The minimum Gasteiger partial charge on any atom is -0.384 e. The van der Waals surface area contributed by atoms with Crippen molar-refractivity contribution < 1.29 is 9.90 Å². The van der Waals surface area contributed by atoms with E-state index >= 15 is 0 Å². The van der Waals surface area contributed by atoms with Crippen LogP contribution in [0, 0.1) is 0 Å². The van der Waals surface area contributed by atoms with Crippen molar-refractivity contribution in [2.24, 2.45) is 0 Å². The third kappa shape index (κ3) is 2.39. The quantitative estimate of drug-likeness (QED) is 0.870. The van der Waals surface area contributed by atoms with Gasteiger partial charge in [-0.25, -0.2) is 0 Å². The number of rotatable bonds is 2. The summed E-state index contributed by atoms with van der Waals surface area (Å²) in [6, 6.07) is 13.2. The Morgan fingerprint density at radius 2 is 1.86 bits per heavy atom. The zero-order valence-corrected chi connectivity index (χ0v) is 13.4. The van der Waals surface area contributed by atoms with Gasteiger partial charge in [0.25, 0.3) is 0 Å². The highest BCUT2D eigenvalue weighted by molar-refractivity contribution is 9.10. The molecule has 0 saturated heterocycles. The van der Waals surface area contributed by atoms with Crippen LogP contribution in [0.15, 0.2) is 46.9 Å². The first kappa shape index (κ1) is 14.3. The van der Waals surface area contributed by atoms with Gasteiger partial charge in [0.2, 0.25) is 5.91 Å². The molecule has 4 heteroatoms. The lowest BCUT2D eigenvalue weighted by atomic mass is 9.84. The Balaban J connectivity index is 2.02. The fraction of sp³-hybridized carbons (Fsp3) is 0.235. The first-order valence-corrected chi connectivity index (χ1v) is 7.58. The van der Waals surface area contributed by atoms with Crippen molar-refractivity contribution in [3.05, 3.63) is 63.6 Å². The summed E-state index contributed by atoms with van der Waals surface area (Å²) in [4.78, 5) is 12.0. The Labute approximate surface area is 132 Å². The van der Waals surface area contributed by atoms with Gasteiger partial charge in [0.15, 0.2) is 0 Å². The number of anilines is 1. The van der Waals surface area contributed by atoms with E-state index in [1.54, 1.807) is 0 Å². The summed E-state index contributed by atoms with van der Waals surface area (Å²) in [7, 11) is 0. The number of hydrogen-bond donors (Lipinski definition) is 2. The molecule has 1 atom stereocenters. The lowest BCUT2D eigenvalue weighted by Gasteiger charge is -2.18. The van der Waals surface area contributed by atoms with E-state index in [0.29, 0.717) is 0 Å². The number of benzene rings is 2. The minimum atomic E-state index is -0.709. The van der Waals surface area contributed by atoms with Crippen molar-refractivity contribution in [1.29, 1.82) is 0 Å². The Morgan fingerprint density at radius 3 is 2.57 bits per heavy atom. The maximum absolute atomic E-state index is 12.0. The smallest absolute Gasteiger partial charge is 0.234 e. The molecule has 0 radical (unpaired) electrons. The summed E-state index contributed by atoms with van der Waals surface area (Å²) in [5.74, 6) is -0.00778. The average Bonchev–Trinajstić information content (AvgIpc) is 2.68. The van der Waals surface area contributed by atoms with Gasteiger partial charge in [-0.1, -0.05) is 34.1 Å². The summed E-state index contributed by atoms with van der Waals surface area (Å²) in [6.07, 6.45) is -0.709. The molecule has 1 aliphatic heterocycles. The van der Waals surface area contributed by atoms with E-state index in [9.17, 15) is 9.90 Å². The minimum absolute atomic E-state index is 0.00778. The normalized spacial score (nSPS) is 17.2. The molecule has 0 aromatic heterocycles. The van der Waals surface area contributed by atoms with E-state index < -0.39 is 11.5 Å². The van der Waals surface area contributed by atoms with Gasteiger partial charge < -0.3 is 10.4 Å². The molecule has 2 N–H and O–H groups in total. The Kier molecular flexibility index (Phi) is 3.38. The summed E-state index contributed by atoms with van der Waals surface area (Å²) in [6.45, 7) is 3.78. The van der Waals surface area contributed by atoms with Gasteiger partial charge in [0.1, 0.15) is 6.10 Å². The molecule has 3 nitrogen and oxygen atoms in total. The molecule has 2 aromatic carbocycles. The summed E-state index contributed by atoms with van der Waals surface area (Å²) in [5.41, 5.74) is 2.80. The largest absolute Gasteiger partial charge is 0.384 e. The second kappa shape index (κ2) is 4.97. The number of hydrogen-bond acceptors (Lipinski definition) is 2. The van der Waals surface area contributed by atoms with Gasteiger partial charge in [-0.2, -0.15) is 0 Å². The molecule has 0 spiro atoms. The third-order valence-electron chi connectivity index (χ3n) is 4.01. The highest BCUT2D eigenvalue weighted by Gasteiger charge is 2.38. The summed E-state index contributed by atoms with van der Waals surface area (Å²) in [5, 5.41) is 13.4. The Bertz CT molecular complexity index is 724. The highest BCUT2D eigenvalue weighted by atomic mass is 79.9. The molecule has 1 heterocycles. The second-order valence-electron chi connectivity index (χ2n) is 5.84. The molecule has 108 valence electrons. The molecule has 2 aromatic rings. The molecule has 3 rings (SSSR count). The van der Waals surface area contributed by atoms with Crippen LogP contribution in [0.3, 0.4) is 0 Å². The Hall–Kier alpha value is -1.65. The van der Waals surface area contributed by atoms with Crippen LogP contribution < -0.4 is 5.32 Å². The predicted molar refractivity (Wildman–Crippen MR) is 86.3 cm³/mol. The highest BCUT2D eigenvalue weighted by Crippen LogP contribution is 2.39. The Morgan fingerprint density at radius 1 is 1.14 bits per heavy atom. The topological polar surface area (TPSA) is 49.3 Å². The number of nitrogens with one attached hydrogen (secondary N) is 1. The number of fused-ring (bicyclic) bond motifs is 1. The van der Waals surface area contributed by atoms with Crippen LogP contribution in [0.5, 0.6) is 0 Å². The van der Waals surface area contributed by atoms with Crippen molar-refractivity contribution in [3.8, 4) is 0 Å². The standard InChI is InChI=1S/C17H16BrNO2/c1-17(2)13-9-11(6-7-14(13)19-16(17)21)15(20)10-4-3-5-12(18)8-10/h3-9,15,20H,1-2H3,(H,19,21). The predicted octanol–water partition coefficient (Wildman–Crippen LogP) is 3.76. The molecule has 1 unspecified atom stereocenters. The van der Waals surface area contributed by atoms with Crippen LogP contribution in [0.2, 0.25) is 0 Å². The van der Waals surface area contributed by atoms with Crippen LogP contribution in [-0.2, 0) is 10.2 Å². The molecule has 0 fully saturated rings. The van der Waals surface area contributed by atoms with Crippen LogP contribution in [0.1, 0.15) is 36.6 Å².